The Kier molecular flexibility index (Phi) is 5.43. The van der Waals surface area contributed by atoms with Gasteiger partial charge in [0.25, 0.3) is 0 Å². The van der Waals surface area contributed by atoms with Gasteiger partial charge in [-0.05, 0) is 30.7 Å². The van der Waals surface area contributed by atoms with Gasteiger partial charge in [-0.3, -0.25) is 0 Å². The molecule has 7 nitrogen and oxygen atoms in total. The van der Waals surface area contributed by atoms with Crippen LogP contribution in [-0.2, 0) is 4.74 Å². The molecule has 0 amide bonds. The van der Waals surface area contributed by atoms with Crippen molar-refractivity contribution in [2.45, 2.75) is 6.42 Å². The number of hydrogen-bond acceptors (Lipinski definition) is 7. The fraction of sp³-hybridized carbons (Fsp3) is 0.286. The number of nitrogens with zero attached hydrogens (tertiary/aromatic N) is 4. The van der Waals surface area contributed by atoms with E-state index in [0.717, 1.165) is 18.7 Å². The minimum atomic E-state index is 0.463. The van der Waals surface area contributed by atoms with Crippen LogP contribution in [0.25, 0.3) is 0 Å². The second-order valence-electron chi connectivity index (χ2n) is 4.25. The Hall–Kier alpha value is -2.72. The zero-order valence-electron chi connectivity index (χ0n) is 11.7. The van der Waals surface area contributed by atoms with Crippen molar-refractivity contribution in [2.75, 3.05) is 30.9 Å². The van der Waals surface area contributed by atoms with Gasteiger partial charge in [0.1, 0.15) is 0 Å². The van der Waals surface area contributed by atoms with Crippen molar-refractivity contribution in [3.05, 3.63) is 36.0 Å². The average molecular weight is 284 g/mol. The molecule has 0 fully saturated rings. The lowest BCUT2D eigenvalue weighted by Gasteiger charge is -2.07. The van der Waals surface area contributed by atoms with Crippen molar-refractivity contribution < 1.29 is 4.74 Å². The molecule has 108 valence electrons. The molecule has 0 aliphatic carbocycles. The topological polar surface area (TPSA) is 95.8 Å². The van der Waals surface area contributed by atoms with Crippen molar-refractivity contribution >= 4 is 17.5 Å². The molecule has 0 saturated heterocycles. The molecule has 2 aromatic rings. The molecule has 0 atom stereocenters. The summed E-state index contributed by atoms with van der Waals surface area (Å²) in [5.74, 6) is 1.05. The number of anilines is 3. The van der Waals surface area contributed by atoms with E-state index in [1.807, 2.05) is 12.1 Å². The summed E-state index contributed by atoms with van der Waals surface area (Å²) in [6.45, 7) is 1.40. The zero-order valence-corrected chi connectivity index (χ0v) is 11.7. The summed E-state index contributed by atoms with van der Waals surface area (Å²) >= 11 is 0. The Morgan fingerprint density at radius 1 is 1.29 bits per heavy atom. The number of hydrogen-bond donors (Lipinski definition) is 2. The summed E-state index contributed by atoms with van der Waals surface area (Å²) in [5.41, 5.74) is 1.45. The van der Waals surface area contributed by atoms with Gasteiger partial charge in [-0.2, -0.15) is 15.3 Å². The van der Waals surface area contributed by atoms with E-state index < -0.39 is 0 Å². The Morgan fingerprint density at radius 2 is 2.10 bits per heavy atom. The fourth-order valence-corrected chi connectivity index (χ4v) is 1.63. The van der Waals surface area contributed by atoms with Crippen LogP contribution in [0.5, 0.6) is 0 Å². The summed E-state index contributed by atoms with van der Waals surface area (Å²) in [7, 11) is 1.67. The first-order chi connectivity index (χ1) is 10.3. The van der Waals surface area contributed by atoms with Gasteiger partial charge in [-0.25, -0.2) is 0 Å². The largest absolute Gasteiger partial charge is 0.385 e. The van der Waals surface area contributed by atoms with E-state index >= 15 is 0 Å². The van der Waals surface area contributed by atoms with Gasteiger partial charge in [0.15, 0.2) is 5.82 Å². The molecule has 0 spiro atoms. The predicted octanol–water partition coefficient (Wildman–Crippen LogP) is 1.94. The second kappa shape index (κ2) is 7.77. The molecule has 0 bridgehead atoms. The summed E-state index contributed by atoms with van der Waals surface area (Å²) in [6, 6.07) is 9.17. The lowest BCUT2D eigenvalue weighted by molar-refractivity contribution is 0.197. The summed E-state index contributed by atoms with van der Waals surface area (Å²) in [5, 5.41) is 22.7. The van der Waals surface area contributed by atoms with Crippen LogP contribution < -0.4 is 10.6 Å². The van der Waals surface area contributed by atoms with Crippen LogP contribution in [0.3, 0.4) is 0 Å². The lowest BCUT2D eigenvalue weighted by atomic mass is 10.2. The van der Waals surface area contributed by atoms with E-state index in [1.165, 1.54) is 0 Å². The van der Waals surface area contributed by atoms with E-state index in [9.17, 15) is 0 Å². The molecule has 1 heterocycles. The van der Waals surface area contributed by atoms with Gasteiger partial charge in [0.2, 0.25) is 5.95 Å². The summed E-state index contributed by atoms with van der Waals surface area (Å²) in [6.07, 6.45) is 2.41. The maximum absolute atomic E-state index is 8.76. The number of benzene rings is 1. The molecule has 1 aromatic carbocycles. The lowest BCUT2D eigenvalue weighted by Crippen LogP contribution is -2.09. The maximum atomic E-state index is 8.76. The van der Waals surface area contributed by atoms with Crippen LogP contribution in [-0.4, -0.2) is 35.4 Å². The monoisotopic (exact) mass is 284 g/mol. The van der Waals surface area contributed by atoms with E-state index in [2.05, 4.69) is 31.9 Å². The van der Waals surface area contributed by atoms with Gasteiger partial charge in [0.05, 0.1) is 17.8 Å². The third kappa shape index (κ3) is 4.71. The molecule has 1 aromatic heterocycles. The smallest absolute Gasteiger partial charge is 0.244 e. The highest BCUT2D eigenvalue weighted by Gasteiger charge is 2.01. The summed E-state index contributed by atoms with van der Waals surface area (Å²) in [4.78, 5) is 4.31. The Balaban J connectivity index is 1.95. The van der Waals surface area contributed by atoms with E-state index in [4.69, 9.17) is 10.00 Å². The third-order valence-corrected chi connectivity index (χ3v) is 2.65. The molecule has 0 aliphatic rings. The number of nitrogens with one attached hydrogen (secondary N) is 2. The highest BCUT2D eigenvalue weighted by Crippen LogP contribution is 2.14. The molecule has 7 heteroatoms. The van der Waals surface area contributed by atoms with E-state index in [0.29, 0.717) is 23.9 Å². The van der Waals surface area contributed by atoms with E-state index in [1.54, 1.807) is 25.4 Å². The van der Waals surface area contributed by atoms with Crippen LogP contribution in [0.4, 0.5) is 17.5 Å². The van der Waals surface area contributed by atoms with Crippen molar-refractivity contribution in [3.63, 3.8) is 0 Å². The van der Waals surface area contributed by atoms with Gasteiger partial charge < -0.3 is 15.4 Å². The van der Waals surface area contributed by atoms with Gasteiger partial charge in [-0.1, -0.05) is 0 Å². The van der Waals surface area contributed by atoms with Crippen LogP contribution in [0.2, 0.25) is 0 Å². The Morgan fingerprint density at radius 3 is 2.81 bits per heavy atom. The second-order valence-corrected chi connectivity index (χ2v) is 4.25. The van der Waals surface area contributed by atoms with Crippen molar-refractivity contribution in [1.29, 1.82) is 5.26 Å². The molecule has 21 heavy (non-hydrogen) atoms. The highest BCUT2D eigenvalue weighted by molar-refractivity contribution is 5.57. The fourth-order valence-electron chi connectivity index (χ4n) is 1.63. The SMILES string of the molecule is COCCCNc1nncc(Nc2ccc(C#N)cc2)n1. The van der Waals surface area contributed by atoms with Crippen molar-refractivity contribution in [1.82, 2.24) is 15.2 Å². The molecule has 0 radical (unpaired) electrons. The number of rotatable bonds is 7. The zero-order chi connectivity index (χ0) is 14.9. The third-order valence-electron chi connectivity index (χ3n) is 2.65. The van der Waals surface area contributed by atoms with Crippen molar-refractivity contribution in [2.24, 2.45) is 0 Å². The van der Waals surface area contributed by atoms with Crippen LogP contribution in [0.1, 0.15) is 12.0 Å². The summed E-state index contributed by atoms with van der Waals surface area (Å²) < 4.78 is 4.97. The Labute approximate surface area is 123 Å². The molecule has 2 rings (SSSR count). The average Bonchev–Trinajstić information content (AvgIpc) is 2.53. The molecule has 0 aliphatic heterocycles. The van der Waals surface area contributed by atoms with Gasteiger partial charge >= 0.3 is 0 Å². The highest BCUT2D eigenvalue weighted by atomic mass is 16.5. The first kappa shape index (κ1) is 14.7. The first-order valence-electron chi connectivity index (χ1n) is 6.51. The molecule has 2 N–H and O–H groups in total. The normalized spacial score (nSPS) is 9.90. The van der Waals surface area contributed by atoms with Crippen LogP contribution in [0, 0.1) is 11.3 Å². The molecule has 0 saturated carbocycles. The van der Waals surface area contributed by atoms with Crippen LogP contribution >= 0.6 is 0 Å². The Bertz CT molecular complexity index is 608. The quantitative estimate of drug-likeness (QED) is 0.750. The van der Waals surface area contributed by atoms with Crippen LogP contribution in [0.15, 0.2) is 30.5 Å². The maximum Gasteiger partial charge on any atom is 0.244 e. The minimum absolute atomic E-state index is 0.463. The number of aromatic nitrogens is 3. The van der Waals surface area contributed by atoms with E-state index in [-0.39, 0.29) is 0 Å². The van der Waals surface area contributed by atoms with Crippen molar-refractivity contribution in [3.8, 4) is 6.07 Å². The molecular formula is C14H16N6O. The van der Waals surface area contributed by atoms with Gasteiger partial charge in [-0.15, -0.1) is 5.10 Å². The molecule has 0 unspecified atom stereocenters. The first-order valence-corrected chi connectivity index (χ1v) is 6.51. The number of methoxy groups -OCH3 is 1. The minimum Gasteiger partial charge on any atom is -0.385 e. The predicted molar refractivity (Wildman–Crippen MR) is 79.2 cm³/mol. The molecular weight excluding hydrogens is 268 g/mol. The van der Waals surface area contributed by atoms with Gasteiger partial charge in [0, 0.05) is 25.9 Å². The number of nitriles is 1. The standard InChI is InChI=1S/C14H16N6O/c1-21-8-2-7-16-14-19-13(10-17-20-14)18-12-5-3-11(9-15)4-6-12/h3-6,10H,2,7-8H2,1H3,(H2,16,18,19,20). The number of ether oxygens (including phenoxy) is 1.